The summed E-state index contributed by atoms with van der Waals surface area (Å²) in [7, 11) is 0. The number of aromatic hydroxyl groups is 1. The maximum absolute atomic E-state index is 12.8. The number of rotatable bonds is 4. The Morgan fingerprint density at radius 1 is 1.15 bits per heavy atom. The normalized spacial score (nSPS) is 17.7. The monoisotopic (exact) mass is 377 g/mol. The van der Waals surface area contributed by atoms with Crippen molar-refractivity contribution >= 4 is 5.91 Å². The van der Waals surface area contributed by atoms with Crippen LogP contribution in [0, 0.1) is 5.92 Å². The first kappa shape index (κ1) is 19.3. The Hall–Kier alpha value is -2.50. The number of amides is 1. The van der Waals surface area contributed by atoms with Crippen molar-refractivity contribution < 1.29 is 23.1 Å². The van der Waals surface area contributed by atoms with E-state index in [9.17, 15) is 23.1 Å². The van der Waals surface area contributed by atoms with E-state index in [-0.39, 0.29) is 23.1 Å². The fraction of sp³-hybridized carbons (Fsp3) is 0.381. The maximum Gasteiger partial charge on any atom is 0.416 e. The Morgan fingerprint density at radius 3 is 2.67 bits per heavy atom. The second-order valence-electron chi connectivity index (χ2n) is 7.01. The van der Waals surface area contributed by atoms with E-state index in [2.05, 4.69) is 0 Å². The molecule has 0 spiro atoms. The van der Waals surface area contributed by atoms with Crippen LogP contribution in [0.3, 0.4) is 0 Å². The Morgan fingerprint density at radius 2 is 1.93 bits per heavy atom. The molecule has 1 atom stereocenters. The second-order valence-corrected chi connectivity index (χ2v) is 7.01. The molecule has 0 saturated carbocycles. The lowest BCUT2D eigenvalue weighted by Gasteiger charge is -2.33. The molecule has 0 aliphatic carbocycles. The molecule has 0 radical (unpaired) electrons. The number of phenols is 1. The molecule has 3 nitrogen and oxygen atoms in total. The molecular formula is C21H22F3NO2. The van der Waals surface area contributed by atoms with Gasteiger partial charge in [0.05, 0.1) is 11.1 Å². The number of nitrogens with zero attached hydrogens (tertiary/aromatic N) is 1. The highest BCUT2D eigenvalue weighted by Gasteiger charge is 2.30. The van der Waals surface area contributed by atoms with Gasteiger partial charge in [0.1, 0.15) is 5.75 Å². The van der Waals surface area contributed by atoms with Crippen LogP contribution >= 0.6 is 0 Å². The molecular weight excluding hydrogens is 355 g/mol. The van der Waals surface area contributed by atoms with Gasteiger partial charge in [0.15, 0.2) is 0 Å². The highest BCUT2D eigenvalue weighted by molar-refractivity contribution is 5.96. The molecule has 0 aromatic heterocycles. The van der Waals surface area contributed by atoms with Gasteiger partial charge in [-0.05, 0) is 55.4 Å². The van der Waals surface area contributed by atoms with Gasteiger partial charge in [0, 0.05) is 13.1 Å². The molecule has 1 aliphatic heterocycles. The summed E-state index contributed by atoms with van der Waals surface area (Å²) in [6.45, 7) is 1.19. The van der Waals surface area contributed by atoms with Gasteiger partial charge in [-0.15, -0.1) is 0 Å². The molecule has 3 rings (SSSR count). The quantitative estimate of drug-likeness (QED) is 0.824. The van der Waals surface area contributed by atoms with E-state index in [0.29, 0.717) is 25.1 Å². The third-order valence-electron chi connectivity index (χ3n) is 5.04. The summed E-state index contributed by atoms with van der Waals surface area (Å²) in [5, 5.41) is 9.88. The maximum atomic E-state index is 12.8. The SMILES string of the molecule is O=C(c1ccccc1O)N1CCC[C@@H](CCc2cccc(C(F)(F)F)c2)C1. The fourth-order valence-corrected chi connectivity index (χ4v) is 3.58. The van der Waals surface area contributed by atoms with E-state index in [1.807, 2.05) is 0 Å². The molecule has 2 aromatic carbocycles. The third kappa shape index (κ3) is 4.81. The molecule has 2 aromatic rings. The molecule has 1 aliphatic rings. The molecule has 1 amide bonds. The van der Waals surface area contributed by atoms with Crippen LogP contribution in [-0.4, -0.2) is 29.0 Å². The van der Waals surface area contributed by atoms with Crippen LogP contribution < -0.4 is 0 Å². The van der Waals surface area contributed by atoms with Crippen LogP contribution in [0.25, 0.3) is 0 Å². The van der Waals surface area contributed by atoms with E-state index in [0.717, 1.165) is 25.3 Å². The number of benzene rings is 2. The van der Waals surface area contributed by atoms with Gasteiger partial charge in [0.2, 0.25) is 0 Å². The highest BCUT2D eigenvalue weighted by Crippen LogP contribution is 2.30. The smallest absolute Gasteiger partial charge is 0.416 e. The zero-order valence-electron chi connectivity index (χ0n) is 14.9. The third-order valence-corrected chi connectivity index (χ3v) is 5.04. The van der Waals surface area contributed by atoms with Gasteiger partial charge in [0.25, 0.3) is 5.91 Å². The van der Waals surface area contributed by atoms with Crippen molar-refractivity contribution in [3.63, 3.8) is 0 Å². The molecule has 144 valence electrons. The lowest BCUT2D eigenvalue weighted by Crippen LogP contribution is -2.40. The summed E-state index contributed by atoms with van der Waals surface area (Å²) in [5.41, 5.74) is 0.324. The van der Waals surface area contributed by atoms with E-state index < -0.39 is 11.7 Å². The summed E-state index contributed by atoms with van der Waals surface area (Å²) in [5.74, 6) is 0.00792. The first-order valence-electron chi connectivity index (χ1n) is 9.08. The van der Waals surface area contributed by atoms with Crippen molar-refractivity contribution in [1.82, 2.24) is 4.90 Å². The number of hydrogen-bond acceptors (Lipinski definition) is 2. The van der Waals surface area contributed by atoms with Crippen molar-refractivity contribution in [2.24, 2.45) is 5.92 Å². The molecule has 6 heteroatoms. The minimum atomic E-state index is -4.33. The summed E-state index contributed by atoms with van der Waals surface area (Å²) >= 11 is 0. The number of likely N-dealkylation sites (tertiary alicyclic amines) is 1. The Balaban J connectivity index is 1.61. The van der Waals surface area contributed by atoms with Crippen LogP contribution in [0.5, 0.6) is 5.75 Å². The highest BCUT2D eigenvalue weighted by atomic mass is 19.4. The van der Waals surface area contributed by atoms with Crippen molar-refractivity contribution in [3.8, 4) is 5.75 Å². The standard InChI is InChI=1S/C21H22F3NO2/c22-21(23,24)17-7-3-5-15(13-17)10-11-16-6-4-12-25(14-16)20(27)18-8-1-2-9-19(18)26/h1-3,5,7-9,13,16,26H,4,6,10-12,14H2/t16-/m0/s1. The molecule has 1 heterocycles. The van der Waals surface area contributed by atoms with E-state index in [4.69, 9.17) is 0 Å². The van der Waals surface area contributed by atoms with Gasteiger partial charge in [-0.3, -0.25) is 4.79 Å². The predicted molar refractivity (Wildman–Crippen MR) is 96.5 cm³/mol. The van der Waals surface area contributed by atoms with Crippen molar-refractivity contribution in [2.45, 2.75) is 31.9 Å². The van der Waals surface area contributed by atoms with E-state index >= 15 is 0 Å². The number of piperidine rings is 1. The van der Waals surface area contributed by atoms with E-state index in [1.165, 1.54) is 18.2 Å². The topological polar surface area (TPSA) is 40.5 Å². The van der Waals surface area contributed by atoms with Crippen LogP contribution in [0.2, 0.25) is 0 Å². The number of carbonyl (C=O) groups excluding carboxylic acids is 1. The minimum Gasteiger partial charge on any atom is -0.507 e. The van der Waals surface area contributed by atoms with Crippen molar-refractivity contribution in [3.05, 3.63) is 65.2 Å². The number of phenolic OH excluding ortho intramolecular Hbond substituents is 1. The molecule has 0 bridgehead atoms. The van der Waals surface area contributed by atoms with Gasteiger partial charge >= 0.3 is 6.18 Å². The van der Waals surface area contributed by atoms with Crippen LogP contribution in [0.4, 0.5) is 13.2 Å². The zero-order chi connectivity index (χ0) is 19.4. The molecule has 0 unspecified atom stereocenters. The number of aryl methyl sites for hydroxylation is 1. The van der Waals surface area contributed by atoms with Gasteiger partial charge in [-0.25, -0.2) is 0 Å². The van der Waals surface area contributed by atoms with Crippen LogP contribution in [-0.2, 0) is 12.6 Å². The zero-order valence-corrected chi connectivity index (χ0v) is 14.9. The Bertz CT molecular complexity index is 804. The summed E-state index contributed by atoms with van der Waals surface area (Å²) in [6, 6.07) is 11.9. The number of hydrogen-bond donors (Lipinski definition) is 1. The molecule has 1 saturated heterocycles. The lowest BCUT2D eigenvalue weighted by molar-refractivity contribution is -0.137. The van der Waals surface area contributed by atoms with Crippen LogP contribution in [0.1, 0.15) is 40.7 Å². The average molecular weight is 377 g/mol. The molecule has 27 heavy (non-hydrogen) atoms. The van der Waals surface area contributed by atoms with Crippen LogP contribution in [0.15, 0.2) is 48.5 Å². The van der Waals surface area contributed by atoms with E-state index in [1.54, 1.807) is 29.2 Å². The summed E-state index contributed by atoms with van der Waals surface area (Å²) in [4.78, 5) is 14.4. The minimum absolute atomic E-state index is 0.0337. The van der Waals surface area contributed by atoms with Gasteiger partial charge < -0.3 is 10.0 Å². The number of alkyl halides is 3. The molecule has 1 N–H and O–H groups in total. The van der Waals surface area contributed by atoms with Gasteiger partial charge in [-0.2, -0.15) is 13.2 Å². The average Bonchev–Trinajstić information content (AvgIpc) is 2.66. The predicted octanol–water partition coefficient (Wildman–Crippen LogP) is 4.90. The van der Waals surface area contributed by atoms with Crippen molar-refractivity contribution in [2.75, 3.05) is 13.1 Å². The number of carbonyl (C=O) groups is 1. The largest absolute Gasteiger partial charge is 0.507 e. The first-order valence-corrected chi connectivity index (χ1v) is 9.08. The lowest BCUT2D eigenvalue weighted by atomic mass is 9.91. The Labute approximate surface area is 156 Å². The molecule has 1 fully saturated rings. The second kappa shape index (κ2) is 8.03. The van der Waals surface area contributed by atoms with Crippen molar-refractivity contribution in [1.29, 1.82) is 0 Å². The fourth-order valence-electron chi connectivity index (χ4n) is 3.58. The Kier molecular flexibility index (Phi) is 5.73. The summed E-state index contributed by atoms with van der Waals surface area (Å²) in [6.07, 6.45) is -1.25. The van der Waals surface area contributed by atoms with Gasteiger partial charge in [-0.1, -0.05) is 30.3 Å². The number of halogens is 3. The summed E-state index contributed by atoms with van der Waals surface area (Å²) < 4.78 is 38.5. The first-order chi connectivity index (χ1) is 12.8. The number of para-hydroxylation sites is 1.